The van der Waals surface area contributed by atoms with Crippen molar-refractivity contribution in [2.75, 3.05) is 0 Å². The average Bonchev–Trinajstić information content (AvgIpc) is 2.56. The first-order chi connectivity index (χ1) is 6.77. The zero-order valence-corrected chi connectivity index (χ0v) is 9.56. The zero-order chi connectivity index (χ0) is 10.1. The number of fused-ring (bicyclic) bond motifs is 1. The van der Waals surface area contributed by atoms with Crippen LogP contribution in [-0.4, -0.2) is 11.4 Å². The van der Waals surface area contributed by atoms with Gasteiger partial charge in [-0.05, 0) is 12.1 Å². The summed E-state index contributed by atoms with van der Waals surface area (Å²) in [6, 6.07) is 5.75. The monoisotopic (exact) mass is 270 g/mol. The van der Waals surface area contributed by atoms with Gasteiger partial charge in [-0.15, -0.1) is 11.3 Å². The Balaban J connectivity index is 2.88. The topological polar surface area (TPSA) is 37.3 Å². The standard InChI is InChI=1S/C10H7BrO2S/c11-7-2-1-3-8-10(7)6(4-12)9(5-13)14-8/h1-4,13H,5H2. The molecule has 0 aliphatic carbocycles. The highest BCUT2D eigenvalue weighted by molar-refractivity contribution is 9.10. The van der Waals surface area contributed by atoms with Gasteiger partial charge in [0.2, 0.25) is 0 Å². The van der Waals surface area contributed by atoms with Crippen LogP contribution in [0.2, 0.25) is 0 Å². The first kappa shape index (κ1) is 9.83. The molecule has 0 saturated heterocycles. The van der Waals surface area contributed by atoms with Gasteiger partial charge in [-0.1, -0.05) is 22.0 Å². The molecule has 0 spiro atoms. The lowest BCUT2D eigenvalue weighted by Gasteiger charge is -1.94. The highest BCUT2D eigenvalue weighted by Crippen LogP contribution is 2.35. The van der Waals surface area contributed by atoms with E-state index in [-0.39, 0.29) is 6.61 Å². The first-order valence-electron chi connectivity index (χ1n) is 4.04. The fraction of sp³-hybridized carbons (Fsp3) is 0.100. The van der Waals surface area contributed by atoms with E-state index in [1.165, 1.54) is 11.3 Å². The minimum Gasteiger partial charge on any atom is -0.391 e. The molecule has 0 unspecified atom stereocenters. The fourth-order valence-corrected chi connectivity index (χ4v) is 3.19. The van der Waals surface area contributed by atoms with Crippen LogP contribution in [0.5, 0.6) is 0 Å². The van der Waals surface area contributed by atoms with Crippen LogP contribution in [0.1, 0.15) is 15.2 Å². The molecule has 0 saturated carbocycles. The number of carbonyl (C=O) groups excluding carboxylic acids is 1. The van der Waals surface area contributed by atoms with Crippen molar-refractivity contribution in [3.8, 4) is 0 Å². The molecule has 4 heteroatoms. The Hall–Kier alpha value is -0.710. The van der Waals surface area contributed by atoms with Crippen LogP contribution in [0, 0.1) is 0 Å². The van der Waals surface area contributed by atoms with Crippen LogP contribution in [0.4, 0.5) is 0 Å². The van der Waals surface area contributed by atoms with Gasteiger partial charge >= 0.3 is 0 Å². The normalized spacial score (nSPS) is 10.7. The number of carbonyl (C=O) groups is 1. The Morgan fingerprint density at radius 2 is 2.29 bits per heavy atom. The molecule has 2 nitrogen and oxygen atoms in total. The summed E-state index contributed by atoms with van der Waals surface area (Å²) in [5.74, 6) is 0. The molecule has 0 aliphatic rings. The maximum atomic E-state index is 10.9. The Morgan fingerprint density at radius 1 is 1.50 bits per heavy atom. The number of aliphatic hydroxyl groups is 1. The van der Waals surface area contributed by atoms with E-state index in [4.69, 9.17) is 5.11 Å². The van der Waals surface area contributed by atoms with Gasteiger partial charge < -0.3 is 5.11 Å². The highest BCUT2D eigenvalue weighted by atomic mass is 79.9. The average molecular weight is 271 g/mol. The molecular formula is C10H7BrO2S. The van der Waals surface area contributed by atoms with Crippen molar-refractivity contribution in [1.29, 1.82) is 0 Å². The van der Waals surface area contributed by atoms with Gasteiger partial charge in [-0.25, -0.2) is 0 Å². The number of aldehydes is 1. The molecule has 0 atom stereocenters. The number of halogens is 1. The summed E-state index contributed by atoms with van der Waals surface area (Å²) in [4.78, 5) is 11.6. The Morgan fingerprint density at radius 3 is 2.93 bits per heavy atom. The number of hydrogen-bond acceptors (Lipinski definition) is 3. The summed E-state index contributed by atoms with van der Waals surface area (Å²) in [6.07, 6.45) is 0.801. The zero-order valence-electron chi connectivity index (χ0n) is 7.16. The van der Waals surface area contributed by atoms with Crippen molar-refractivity contribution in [2.45, 2.75) is 6.61 Å². The van der Waals surface area contributed by atoms with Gasteiger partial charge in [-0.2, -0.15) is 0 Å². The second kappa shape index (κ2) is 3.81. The highest BCUT2D eigenvalue weighted by Gasteiger charge is 2.12. The summed E-state index contributed by atoms with van der Waals surface area (Å²) in [5, 5.41) is 9.98. The van der Waals surface area contributed by atoms with Crippen molar-refractivity contribution >= 4 is 43.6 Å². The fourth-order valence-electron chi connectivity index (χ4n) is 1.42. The smallest absolute Gasteiger partial charge is 0.151 e. The van der Waals surface area contributed by atoms with E-state index in [1.807, 2.05) is 18.2 Å². The van der Waals surface area contributed by atoms with Crippen molar-refractivity contribution in [1.82, 2.24) is 0 Å². The third kappa shape index (κ3) is 1.39. The maximum Gasteiger partial charge on any atom is 0.151 e. The Kier molecular flexibility index (Phi) is 2.67. The van der Waals surface area contributed by atoms with Gasteiger partial charge in [0, 0.05) is 25.0 Å². The molecule has 1 heterocycles. The lowest BCUT2D eigenvalue weighted by Crippen LogP contribution is -1.85. The second-order valence-electron chi connectivity index (χ2n) is 2.83. The lowest BCUT2D eigenvalue weighted by molar-refractivity contribution is 0.112. The summed E-state index contributed by atoms with van der Waals surface area (Å²) >= 11 is 4.85. The van der Waals surface area contributed by atoms with Crippen LogP contribution in [-0.2, 0) is 6.61 Å². The summed E-state index contributed by atoms with van der Waals surface area (Å²) in [7, 11) is 0. The molecule has 1 aromatic carbocycles. The molecule has 2 rings (SSSR count). The van der Waals surface area contributed by atoms with Gasteiger partial charge in [0.1, 0.15) is 0 Å². The minimum atomic E-state index is -0.0835. The molecule has 14 heavy (non-hydrogen) atoms. The van der Waals surface area contributed by atoms with E-state index < -0.39 is 0 Å². The van der Waals surface area contributed by atoms with Crippen LogP contribution in [0.25, 0.3) is 10.1 Å². The number of benzene rings is 1. The number of thiophene rings is 1. The lowest BCUT2D eigenvalue weighted by atomic mass is 10.1. The van der Waals surface area contributed by atoms with E-state index in [0.29, 0.717) is 5.56 Å². The van der Waals surface area contributed by atoms with Crippen molar-refractivity contribution in [3.05, 3.63) is 33.1 Å². The van der Waals surface area contributed by atoms with E-state index in [1.54, 1.807) is 0 Å². The van der Waals surface area contributed by atoms with Crippen LogP contribution >= 0.6 is 27.3 Å². The van der Waals surface area contributed by atoms with Gasteiger partial charge in [0.05, 0.1) is 6.61 Å². The van der Waals surface area contributed by atoms with Crippen molar-refractivity contribution in [2.24, 2.45) is 0 Å². The molecule has 0 fully saturated rings. The number of rotatable bonds is 2. The Bertz CT molecular complexity index is 490. The summed E-state index contributed by atoms with van der Waals surface area (Å²) < 4.78 is 1.92. The number of hydrogen-bond donors (Lipinski definition) is 1. The molecule has 0 amide bonds. The predicted molar refractivity (Wildman–Crippen MR) is 60.8 cm³/mol. The largest absolute Gasteiger partial charge is 0.391 e. The predicted octanol–water partition coefficient (Wildman–Crippen LogP) is 2.97. The van der Waals surface area contributed by atoms with E-state index in [0.717, 1.165) is 25.7 Å². The van der Waals surface area contributed by atoms with E-state index in [9.17, 15) is 4.79 Å². The third-order valence-electron chi connectivity index (χ3n) is 2.04. The molecule has 1 aromatic heterocycles. The molecule has 0 radical (unpaired) electrons. The second-order valence-corrected chi connectivity index (χ2v) is 4.82. The van der Waals surface area contributed by atoms with Crippen LogP contribution < -0.4 is 0 Å². The van der Waals surface area contributed by atoms with Gasteiger partial charge in [0.25, 0.3) is 0 Å². The quantitative estimate of drug-likeness (QED) is 0.852. The van der Waals surface area contributed by atoms with Crippen molar-refractivity contribution in [3.63, 3.8) is 0 Å². The number of aliphatic hydroxyl groups excluding tert-OH is 1. The van der Waals surface area contributed by atoms with E-state index >= 15 is 0 Å². The van der Waals surface area contributed by atoms with Crippen LogP contribution in [0.15, 0.2) is 22.7 Å². The first-order valence-corrected chi connectivity index (χ1v) is 5.64. The summed E-state index contributed by atoms with van der Waals surface area (Å²) in [6.45, 7) is -0.0835. The minimum absolute atomic E-state index is 0.0835. The maximum absolute atomic E-state index is 10.9. The molecule has 72 valence electrons. The van der Waals surface area contributed by atoms with Crippen molar-refractivity contribution < 1.29 is 9.90 Å². The van der Waals surface area contributed by atoms with Crippen LogP contribution in [0.3, 0.4) is 0 Å². The molecular weight excluding hydrogens is 264 g/mol. The van der Waals surface area contributed by atoms with Gasteiger partial charge in [-0.3, -0.25) is 4.79 Å². The summed E-state index contributed by atoms with van der Waals surface area (Å²) in [5.41, 5.74) is 0.597. The third-order valence-corrected chi connectivity index (χ3v) is 3.86. The SMILES string of the molecule is O=Cc1c(CO)sc2cccc(Br)c12. The van der Waals surface area contributed by atoms with E-state index in [2.05, 4.69) is 15.9 Å². The molecule has 2 aromatic rings. The molecule has 0 bridgehead atoms. The Labute approximate surface area is 93.3 Å². The molecule has 1 N–H and O–H groups in total. The molecule has 0 aliphatic heterocycles. The van der Waals surface area contributed by atoms with Gasteiger partial charge in [0.15, 0.2) is 6.29 Å².